The molecule has 0 radical (unpaired) electrons. The zero-order valence-corrected chi connectivity index (χ0v) is 15.8. The number of carboxylic acid groups (broad SMARTS) is 1. The van der Waals surface area contributed by atoms with Crippen molar-refractivity contribution in [2.75, 3.05) is 45.3 Å². The maximum atomic E-state index is 12.0. The average molecular weight is 370 g/mol. The van der Waals surface area contributed by atoms with E-state index in [-0.39, 0.29) is 0 Å². The van der Waals surface area contributed by atoms with Gasteiger partial charge in [-0.05, 0) is 23.8 Å². The van der Waals surface area contributed by atoms with Crippen LogP contribution in [0.3, 0.4) is 0 Å². The molecule has 0 unspecified atom stereocenters. The van der Waals surface area contributed by atoms with Crippen molar-refractivity contribution in [2.24, 2.45) is 0 Å². The Balaban J connectivity index is 1.69. The maximum Gasteiger partial charge on any atom is 0.321 e. The summed E-state index contributed by atoms with van der Waals surface area (Å²) in [4.78, 5) is 16.3. The number of anilines is 1. The van der Waals surface area contributed by atoms with Gasteiger partial charge in [-0.15, -0.1) is 0 Å². The molecule has 1 saturated heterocycles. The van der Waals surface area contributed by atoms with Crippen LogP contribution in [0.5, 0.6) is 11.5 Å². The van der Waals surface area contributed by atoms with E-state index in [2.05, 4.69) is 17.0 Å². The normalized spacial score (nSPS) is 16.0. The van der Waals surface area contributed by atoms with Crippen LogP contribution in [0, 0.1) is 0 Å². The van der Waals surface area contributed by atoms with Gasteiger partial charge in [-0.3, -0.25) is 9.69 Å². The number of carbonyl (C=O) groups is 1. The van der Waals surface area contributed by atoms with Gasteiger partial charge >= 0.3 is 5.97 Å². The van der Waals surface area contributed by atoms with Gasteiger partial charge in [0.1, 0.15) is 17.5 Å². The van der Waals surface area contributed by atoms with Crippen LogP contribution in [-0.4, -0.2) is 62.4 Å². The molecule has 1 heterocycles. The van der Waals surface area contributed by atoms with Gasteiger partial charge in [0.05, 0.1) is 14.2 Å². The maximum absolute atomic E-state index is 12.0. The Morgan fingerprint density at radius 1 is 1.04 bits per heavy atom. The molecule has 1 fully saturated rings. The predicted octanol–water partition coefficient (Wildman–Crippen LogP) is 2.52. The van der Waals surface area contributed by atoms with Crippen LogP contribution in [0.15, 0.2) is 48.5 Å². The second-order valence-electron chi connectivity index (χ2n) is 6.59. The number of rotatable bonds is 7. The number of benzene rings is 2. The van der Waals surface area contributed by atoms with Crippen LogP contribution in [-0.2, 0) is 11.2 Å². The van der Waals surface area contributed by atoms with Crippen molar-refractivity contribution in [1.29, 1.82) is 0 Å². The molecule has 6 nitrogen and oxygen atoms in total. The van der Waals surface area contributed by atoms with Crippen molar-refractivity contribution in [1.82, 2.24) is 4.90 Å². The molecule has 6 heteroatoms. The lowest BCUT2D eigenvalue weighted by Gasteiger charge is -2.39. The lowest BCUT2D eigenvalue weighted by Crippen LogP contribution is -2.53. The number of methoxy groups -OCH3 is 2. The minimum Gasteiger partial charge on any atom is -0.497 e. The first-order valence-corrected chi connectivity index (χ1v) is 9.10. The van der Waals surface area contributed by atoms with E-state index in [0.717, 1.165) is 18.7 Å². The zero-order valence-electron chi connectivity index (χ0n) is 15.8. The van der Waals surface area contributed by atoms with Crippen molar-refractivity contribution >= 4 is 11.7 Å². The Labute approximate surface area is 159 Å². The highest BCUT2D eigenvalue weighted by molar-refractivity contribution is 5.74. The van der Waals surface area contributed by atoms with E-state index in [9.17, 15) is 9.90 Å². The zero-order chi connectivity index (χ0) is 19.2. The molecule has 0 spiro atoms. The Morgan fingerprint density at radius 2 is 1.74 bits per heavy atom. The fourth-order valence-corrected chi connectivity index (χ4v) is 3.53. The first-order valence-electron chi connectivity index (χ1n) is 9.10. The third-order valence-electron chi connectivity index (χ3n) is 5.07. The summed E-state index contributed by atoms with van der Waals surface area (Å²) >= 11 is 0. The van der Waals surface area contributed by atoms with E-state index in [0.29, 0.717) is 31.0 Å². The molecule has 0 aliphatic carbocycles. The third kappa shape index (κ3) is 4.52. The largest absolute Gasteiger partial charge is 0.497 e. The standard InChI is InChI=1S/C21H26N2O4/c1-26-18-9-8-16(20(15-18)27-2)14-19(21(24)25)23-12-10-22(11-13-23)17-6-4-3-5-7-17/h3-9,15,19H,10-14H2,1-2H3,(H,24,25)/t19-/m0/s1. The van der Waals surface area contributed by atoms with Gasteiger partial charge in [0.2, 0.25) is 0 Å². The summed E-state index contributed by atoms with van der Waals surface area (Å²) in [7, 11) is 3.19. The molecule has 0 aromatic heterocycles. The number of aliphatic carboxylic acids is 1. The van der Waals surface area contributed by atoms with Gasteiger partial charge in [-0.25, -0.2) is 0 Å². The van der Waals surface area contributed by atoms with Crippen LogP contribution in [0.2, 0.25) is 0 Å². The van der Waals surface area contributed by atoms with Gasteiger partial charge < -0.3 is 19.5 Å². The third-order valence-corrected chi connectivity index (χ3v) is 5.07. The summed E-state index contributed by atoms with van der Waals surface area (Å²) in [6.07, 6.45) is 0.397. The molecule has 2 aromatic rings. The number of hydrogen-bond donors (Lipinski definition) is 1. The second-order valence-corrected chi connectivity index (χ2v) is 6.59. The van der Waals surface area contributed by atoms with Crippen LogP contribution in [0.25, 0.3) is 0 Å². The van der Waals surface area contributed by atoms with E-state index in [1.165, 1.54) is 5.69 Å². The molecule has 1 atom stereocenters. The number of piperazine rings is 1. The summed E-state index contributed by atoms with van der Waals surface area (Å²) in [6, 6.07) is 15.2. The van der Waals surface area contributed by atoms with Crippen molar-refractivity contribution in [3.63, 3.8) is 0 Å². The number of ether oxygens (including phenoxy) is 2. The lowest BCUT2D eigenvalue weighted by molar-refractivity contribution is -0.143. The van der Waals surface area contributed by atoms with Gasteiger partial charge in [-0.2, -0.15) is 0 Å². The Hall–Kier alpha value is -2.73. The molecule has 1 aliphatic rings. The van der Waals surface area contributed by atoms with Crippen LogP contribution in [0.1, 0.15) is 5.56 Å². The molecular weight excluding hydrogens is 344 g/mol. The highest BCUT2D eigenvalue weighted by Crippen LogP contribution is 2.27. The van der Waals surface area contributed by atoms with E-state index in [4.69, 9.17) is 9.47 Å². The molecule has 144 valence electrons. The van der Waals surface area contributed by atoms with Gasteiger partial charge in [0.15, 0.2) is 0 Å². The fraction of sp³-hybridized carbons (Fsp3) is 0.381. The molecule has 0 saturated carbocycles. The Kier molecular flexibility index (Phi) is 6.19. The Morgan fingerprint density at radius 3 is 2.33 bits per heavy atom. The highest BCUT2D eigenvalue weighted by atomic mass is 16.5. The number of para-hydroxylation sites is 1. The lowest BCUT2D eigenvalue weighted by atomic mass is 10.0. The second kappa shape index (κ2) is 8.77. The average Bonchev–Trinajstić information content (AvgIpc) is 2.72. The van der Waals surface area contributed by atoms with E-state index >= 15 is 0 Å². The van der Waals surface area contributed by atoms with Crippen molar-refractivity contribution < 1.29 is 19.4 Å². The Bertz CT molecular complexity index is 758. The van der Waals surface area contributed by atoms with Crippen LogP contribution >= 0.6 is 0 Å². The molecule has 0 amide bonds. The van der Waals surface area contributed by atoms with E-state index in [1.807, 2.05) is 35.2 Å². The minimum atomic E-state index is -0.805. The summed E-state index contributed by atoms with van der Waals surface area (Å²) in [5, 5.41) is 9.81. The highest BCUT2D eigenvalue weighted by Gasteiger charge is 2.30. The molecule has 2 aromatic carbocycles. The van der Waals surface area contributed by atoms with Crippen LogP contribution < -0.4 is 14.4 Å². The topological polar surface area (TPSA) is 62.2 Å². The van der Waals surface area contributed by atoms with Crippen molar-refractivity contribution in [3.05, 3.63) is 54.1 Å². The minimum absolute atomic E-state index is 0.397. The van der Waals surface area contributed by atoms with Gasteiger partial charge in [-0.1, -0.05) is 24.3 Å². The summed E-state index contributed by atoms with van der Waals surface area (Å²) in [5.41, 5.74) is 2.05. The fourth-order valence-electron chi connectivity index (χ4n) is 3.53. The molecule has 1 aliphatic heterocycles. The van der Waals surface area contributed by atoms with Gasteiger partial charge in [0.25, 0.3) is 0 Å². The SMILES string of the molecule is COc1ccc(C[C@@H](C(=O)O)N2CCN(c3ccccc3)CC2)c(OC)c1. The summed E-state index contributed by atoms with van der Waals surface area (Å²) in [6.45, 7) is 3.05. The van der Waals surface area contributed by atoms with E-state index < -0.39 is 12.0 Å². The smallest absolute Gasteiger partial charge is 0.321 e. The number of carboxylic acids is 1. The first-order chi connectivity index (χ1) is 13.1. The van der Waals surface area contributed by atoms with Gasteiger partial charge in [0, 0.05) is 44.4 Å². The van der Waals surface area contributed by atoms with E-state index in [1.54, 1.807) is 20.3 Å². The number of nitrogens with zero attached hydrogens (tertiary/aromatic N) is 2. The monoisotopic (exact) mass is 370 g/mol. The molecular formula is C21H26N2O4. The number of hydrogen-bond acceptors (Lipinski definition) is 5. The summed E-state index contributed by atoms with van der Waals surface area (Å²) in [5.74, 6) is 0.545. The summed E-state index contributed by atoms with van der Waals surface area (Å²) < 4.78 is 10.7. The molecule has 0 bridgehead atoms. The molecule has 3 rings (SSSR count). The first kappa shape index (κ1) is 19.0. The quantitative estimate of drug-likeness (QED) is 0.808. The van der Waals surface area contributed by atoms with Crippen molar-refractivity contribution in [3.8, 4) is 11.5 Å². The van der Waals surface area contributed by atoms with Crippen LogP contribution in [0.4, 0.5) is 5.69 Å². The predicted molar refractivity (Wildman–Crippen MR) is 105 cm³/mol. The molecule has 1 N–H and O–H groups in total. The van der Waals surface area contributed by atoms with Crippen molar-refractivity contribution in [2.45, 2.75) is 12.5 Å². The molecule has 27 heavy (non-hydrogen) atoms.